The number of hydrogen-bond donors (Lipinski definition) is 2. The Morgan fingerprint density at radius 3 is 2.84 bits per heavy atom. The van der Waals surface area contributed by atoms with Crippen LogP contribution in [0, 0.1) is 24.2 Å². The number of sulfonamides is 1. The number of nitrogens with one attached hydrogen (secondary N) is 1. The summed E-state index contributed by atoms with van der Waals surface area (Å²) in [4.78, 5) is 12.1. The highest BCUT2D eigenvalue weighted by molar-refractivity contribution is 7.89. The normalized spacial score (nSPS) is 18.0. The second-order valence-corrected chi connectivity index (χ2v) is 7.75. The average Bonchev–Trinajstić information content (AvgIpc) is 2.59. The molecule has 1 aromatic rings. The molecule has 1 heterocycles. The van der Waals surface area contributed by atoms with Crippen molar-refractivity contribution in [1.29, 1.82) is 5.26 Å². The molecule has 0 spiro atoms. The van der Waals surface area contributed by atoms with Crippen LogP contribution in [-0.4, -0.2) is 44.8 Å². The number of rotatable bonds is 5. The third kappa shape index (κ3) is 4.70. The number of benzene rings is 1. The Kier molecular flexibility index (Phi) is 7.83. The van der Waals surface area contributed by atoms with Crippen molar-refractivity contribution in [3.63, 3.8) is 0 Å². The fourth-order valence-corrected chi connectivity index (χ4v) is 4.59. The van der Waals surface area contributed by atoms with Crippen LogP contribution in [0.2, 0.25) is 0 Å². The average molecular weight is 387 g/mol. The Morgan fingerprint density at radius 2 is 2.20 bits per heavy atom. The molecule has 1 atom stereocenters. The molecule has 3 N–H and O–H groups in total. The van der Waals surface area contributed by atoms with Gasteiger partial charge in [0.1, 0.15) is 11.0 Å². The highest BCUT2D eigenvalue weighted by Crippen LogP contribution is 2.27. The summed E-state index contributed by atoms with van der Waals surface area (Å²) < 4.78 is 27.2. The van der Waals surface area contributed by atoms with E-state index >= 15 is 0 Å². The van der Waals surface area contributed by atoms with Gasteiger partial charge in [-0.25, -0.2) is 8.42 Å². The van der Waals surface area contributed by atoms with Gasteiger partial charge in [-0.3, -0.25) is 4.79 Å². The standard InChI is InChI=1S/C16H22N4O3S.ClH/c1-12-4-2-6-15(14(12)10-18)24(22,23)20-9-3-5-13(11-20)16(21)19-8-7-17;/h2,4,6,13H,3,5,7-9,11,17H2,1H3,(H,19,21);1H. The fourth-order valence-electron chi connectivity index (χ4n) is 2.85. The number of nitrogens with two attached hydrogens (primary N) is 1. The minimum absolute atomic E-state index is 0. The highest BCUT2D eigenvalue weighted by atomic mass is 35.5. The van der Waals surface area contributed by atoms with E-state index in [-0.39, 0.29) is 35.3 Å². The second kappa shape index (κ2) is 9.15. The molecule has 2 rings (SSSR count). The smallest absolute Gasteiger partial charge is 0.244 e. The summed E-state index contributed by atoms with van der Waals surface area (Å²) in [7, 11) is -3.81. The Bertz CT molecular complexity index is 761. The van der Waals surface area contributed by atoms with Gasteiger partial charge >= 0.3 is 0 Å². The number of carbonyl (C=O) groups is 1. The van der Waals surface area contributed by atoms with Gasteiger partial charge in [0.15, 0.2) is 0 Å². The number of hydrogen-bond acceptors (Lipinski definition) is 5. The lowest BCUT2D eigenvalue weighted by molar-refractivity contribution is -0.126. The van der Waals surface area contributed by atoms with Crippen LogP contribution in [0.4, 0.5) is 0 Å². The van der Waals surface area contributed by atoms with Gasteiger partial charge in [0.2, 0.25) is 15.9 Å². The molecule has 1 saturated heterocycles. The molecule has 9 heteroatoms. The molecule has 1 aromatic carbocycles. The van der Waals surface area contributed by atoms with Crippen LogP contribution in [-0.2, 0) is 14.8 Å². The summed E-state index contributed by atoms with van der Waals surface area (Å²) in [5.41, 5.74) is 6.15. The zero-order valence-electron chi connectivity index (χ0n) is 14.1. The van der Waals surface area contributed by atoms with Crippen LogP contribution in [0.15, 0.2) is 23.1 Å². The molecule has 0 saturated carbocycles. The van der Waals surface area contributed by atoms with E-state index in [1.807, 2.05) is 6.07 Å². The summed E-state index contributed by atoms with van der Waals surface area (Å²) in [6.45, 7) is 2.89. The van der Waals surface area contributed by atoms with Crippen LogP contribution in [0.25, 0.3) is 0 Å². The quantitative estimate of drug-likeness (QED) is 0.775. The monoisotopic (exact) mass is 386 g/mol. The van der Waals surface area contributed by atoms with E-state index in [4.69, 9.17) is 5.73 Å². The highest BCUT2D eigenvalue weighted by Gasteiger charge is 2.34. The molecule has 7 nitrogen and oxygen atoms in total. The Balaban J connectivity index is 0.00000312. The number of nitrogens with zero attached hydrogens (tertiary/aromatic N) is 2. The lowest BCUT2D eigenvalue weighted by Crippen LogP contribution is -2.46. The molecule has 0 radical (unpaired) electrons. The zero-order valence-corrected chi connectivity index (χ0v) is 15.7. The number of halogens is 1. The first-order valence-corrected chi connectivity index (χ1v) is 9.33. The minimum Gasteiger partial charge on any atom is -0.355 e. The summed E-state index contributed by atoms with van der Waals surface area (Å²) in [5.74, 6) is -0.569. The molecule has 1 aliphatic rings. The maximum absolute atomic E-state index is 12.9. The van der Waals surface area contributed by atoms with Gasteiger partial charge < -0.3 is 11.1 Å². The lowest BCUT2D eigenvalue weighted by atomic mass is 9.99. The molecule has 1 unspecified atom stereocenters. The summed E-state index contributed by atoms with van der Waals surface area (Å²) in [6, 6.07) is 6.74. The topological polar surface area (TPSA) is 116 Å². The molecule has 1 fully saturated rings. The SMILES string of the molecule is Cc1cccc(S(=O)(=O)N2CCCC(C(=O)NCCN)C2)c1C#N.Cl. The van der Waals surface area contributed by atoms with Crippen molar-refractivity contribution >= 4 is 28.3 Å². The van der Waals surface area contributed by atoms with Gasteiger partial charge in [0, 0.05) is 26.2 Å². The molecule has 138 valence electrons. The number of nitriles is 1. The van der Waals surface area contributed by atoms with Crippen molar-refractivity contribution < 1.29 is 13.2 Å². The maximum Gasteiger partial charge on any atom is 0.244 e. The van der Waals surface area contributed by atoms with Crippen LogP contribution >= 0.6 is 12.4 Å². The number of carbonyl (C=O) groups excluding carboxylic acids is 1. The number of amides is 1. The lowest BCUT2D eigenvalue weighted by Gasteiger charge is -2.31. The van der Waals surface area contributed by atoms with E-state index in [0.29, 0.717) is 38.0 Å². The van der Waals surface area contributed by atoms with Gasteiger partial charge in [-0.2, -0.15) is 9.57 Å². The largest absolute Gasteiger partial charge is 0.355 e. The molecule has 1 aliphatic heterocycles. The van der Waals surface area contributed by atoms with Gasteiger partial charge in [-0.15, -0.1) is 12.4 Å². The summed E-state index contributed by atoms with van der Waals surface area (Å²) in [5, 5.41) is 12.0. The van der Waals surface area contributed by atoms with Crippen molar-refractivity contribution in [2.75, 3.05) is 26.2 Å². The van der Waals surface area contributed by atoms with Crippen molar-refractivity contribution in [2.45, 2.75) is 24.7 Å². The van der Waals surface area contributed by atoms with Gasteiger partial charge in [-0.1, -0.05) is 12.1 Å². The fraction of sp³-hybridized carbons (Fsp3) is 0.500. The summed E-state index contributed by atoms with van der Waals surface area (Å²) in [6.07, 6.45) is 1.25. The first-order valence-electron chi connectivity index (χ1n) is 7.89. The van der Waals surface area contributed by atoms with Gasteiger partial charge in [-0.05, 0) is 31.4 Å². The molecule has 0 aromatic heterocycles. The number of aryl methyl sites for hydroxylation is 1. The Labute approximate surface area is 154 Å². The van der Waals surface area contributed by atoms with Gasteiger partial charge in [0.25, 0.3) is 0 Å². The van der Waals surface area contributed by atoms with Crippen molar-refractivity contribution in [3.05, 3.63) is 29.3 Å². The van der Waals surface area contributed by atoms with Crippen molar-refractivity contribution in [1.82, 2.24) is 9.62 Å². The predicted molar refractivity (Wildman–Crippen MR) is 96.7 cm³/mol. The van der Waals surface area contributed by atoms with Crippen LogP contribution in [0.3, 0.4) is 0 Å². The van der Waals surface area contributed by atoms with E-state index in [1.54, 1.807) is 19.1 Å². The minimum atomic E-state index is -3.81. The molecule has 0 aliphatic carbocycles. The molecular weight excluding hydrogens is 364 g/mol. The third-order valence-electron chi connectivity index (χ3n) is 4.16. The van der Waals surface area contributed by atoms with E-state index in [9.17, 15) is 18.5 Å². The van der Waals surface area contributed by atoms with Crippen molar-refractivity contribution in [2.24, 2.45) is 11.7 Å². The summed E-state index contributed by atoms with van der Waals surface area (Å²) >= 11 is 0. The molecule has 1 amide bonds. The van der Waals surface area contributed by atoms with Crippen molar-refractivity contribution in [3.8, 4) is 6.07 Å². The predicted octanol–water partition coefficient (Wildman–Crippen LogP) is 0.764. The van der Waals surface area contributed by atoms with E-state index < -0.39 is 15.9 Å². The number of piperidine rings is 1. The molecule has 25 heavy (non-hydrogen) atoms. The van der Waals surface area contributed by atoms with Gasteiger partial charge in [0.05, 0.1) is 11.5 Å². The maximum atomic E-state index is 12.9. The van der Waals surface area contributed by atoms with Crippen LogP contribution < -0.4 is 11.1 Å². The third-order valence-corrected chi connectivity index (χ3v) is 6.07. The first-order chi connectivity index (χ1) is 11.4. The Hall–Kier alpha value is -1.66. The van der Waals surface area contributed by atoms with Crippen LogP contribution in [0.1, 0.15) is 24.0 Å². The van der Waals surface area contributed by atoms with Crippen LogP contribution in [0.5, 0.6) is 0 Å². The van der Waals surface area contributed by atoms with E-state index in [0.717, 1.165) is 0 Å². The van der Waals surface area contributed by atoms with E-state index in [1.165, 1.54) is 10.4 Å². The Morgan fingerprint density at radius 1 is 1.48 bits per heavy atom. The van der Waals surface area contributed by atoms with E-state index in [2.05, 4.69) is 5.32 Å². The second-order valence-electron chi connectivity index (χ2n) is 5.84. The molecule has 0 bridgehead atoms. The zero-order chi connectivity index (χ0) is 17.7. The molecular formula is C16H23ClN4O3S. The first kappa shape index (κ1) is 21.4.